The van der Waals surface area contributed by atoms with Crippen LogP contribution >= 0.6 is 11.8 Å². The van der Waals surface area contributed by atoms with Gasteiger partial charge in [0.15, 0.2) is 0 Å². The molecule has 1 saturated carbocycles. The fourth-order valence-corrected chi connectivity index (χ4v) is 6.15. The normalized spacial score (nSPS) is 22.0. The first-order valence-corrected chi connectivity index (χ1v) is 13.8. The van der Waals surface area contributed by atoms with Gasteiger partial charge in [-0.15, -0.1) is 0 Å². The number of carbonyl (C=O) groups is 2. The molecule has 2 rings (SSSR count). The molecule has 0 aliphatic heterocycles. The molecule has 0 bridgehead atoms. The monoisotopic (exact) mass is 494 g/mol. The Morgan fingerprint density at radius 3 is 2.47 bits per heavy atom. The Morgan fingerprint density at radius 2 is 1.82 bits per heavy atom. The number of thioether (sulfide) groups is 1. The molecule has 6 nitrogen and oxygen atoms in total. The van der Waals surface area contributed by atoms with E-state index in [-0.39, 0.29) is 23.4 Å². The van der Waals surface area contributed by atoms with Crippen LogP contribution in [-0.2, 0) is 16.0 Å². The first-order chi connectivity index (χ1) is 16.3. The van der Waals surface area contributed by atoms with Crippen molar-refractivity contribution in [1.29, 1.82) is 0 Å². The minimum atomic E-state index is -0.779. The Bertz CT molecular complexity index is 737. The summed E-state index contributed by atoms with van der Waals surface area (Å²) in [6, 6.07) is 7.51. The van der Waals surface area contributed by atoms with E-state index in [1.165, 1.54) is 11.8 Å². The van der Waals surface area contributed by atoms with Gasteiger partial charge in [-0.1, -0.05) is 57.6 Å². The van der Waals surface area contributed by atoms with Crippen molar-refractivity contribution in [2.24, 2.45) is 11.8 Å². The second-order valence-electron chi connectivity index (χ2n) is 9.52. The van der Waals surface area contributed by atoms with Crippen LogP contribution in [0, 0.1) is 11.8 Å². The van der Waals surface area contributed by atoms with Gasteiger partial charge in [-0.2, -0.15) is 11.8 Å². The topological polar surface area (TPSA) is 104 Å². The number of ketones is 1. The number of hydrogen-bond donors (Lipinski definition) is 3. The quantitative estimate of drug-likeness (QED) is 0.265. The van der Waals surface area contributed by atoms with E-state index in [4.69, 9.17) is 4.74 Å². The number of unbranched alkanes of at least 4 members (excludes halogenated alkanes) is 4. The van der Waals surface area contributed by atoms with Crippen LogP contribution in [0.1, 0.15) is 76.7 Å². The highest BCUT2D eigenvalue weighted by molar-refractivity contribution is 8.00. The number of carboxylic acid groups (broad SMARTS) is 1. The SMILES string of the molecule is CCCCCC(O)CS[C@H]1C(O)CC(=O)[C@@H]1CCCCCC(Cc1ccc(OC)cc1)C(=O)O. The second kappa shape index (κ2) is 15.4. The van der Waals surface area contributed by atoms with Crippen molar-refractivity contribution in [3.63, 3.8) is 0 Å². The van der Waals surface area contributed by atoms with Gasteiger partial charge in [0.25, 0.3) is 0 Å². The molecule has 192 valence electrons. The van der Waals surface area contributed by atoms with Gasteiger partial charge in [0.05, 0.1) is 25.2 Å². The molecule has 0 amide bonds. The molecule has 0 radical (unpaired) electrons. The number of benzene rings is 1. The highest BCUT2D eigenvalue weighted by Crippen LogP contribution is 2.37. The molecule has 0 spiro atoms. The molecule has 1 fully saturated rings. The number of aliphatic hydroxyl groups is 2. The summed E-state index contributed by atoms with van der Waals surface area (Å²) in [7, 11) is 1.60. The van der Waals surface area contributed by atoms with Crippen LogP contribution in [0.4, 0.5) is 0 Å². The summed E-state index contributed by atoms with van der Waals surface area (Å²) >= 11 is 1.54. The second-order valence-corrected chi connectivity index (χ2v) is 10.7. The van der Waals surface area contributed by atoms with E-state index in [0.29, 0.717) is 18.6 Å². The average molecular weight is 495 g/mol. The molecule has 3 unspecified atom stereocenters. The van der Waals surface area contributed by atoms with Crippen molar-refractivity contribution >= 4 is 23.5 Å². The van der Waals surface area contributed by atoms with Crippen LogP contribution in [-0.4, -0.2) is 57.4 Å². The molecule has 0 aromatic heterocycles. The Hall–Kier alpha value is -1.57. The van der Waals surface area contributed by atoms with Crippen LogP contribution in [0.25, 0.3) is 0 Å². The minimum absolute atomic E-state index is 0.119. The predicted molar refractivity (Wildman–Crippen MR) is 136 cm³/mol. The number of aliphatic hydroxyl groups excluding tert-OH is 2. The zero-order valence-corrected chi connectivity index (χ0v) is 21.5. The summed E-state index contributed by atoms with van der Waals surface area (Å²) in [5, 5.41) is 30.0. The summed E-state index contributed by atoms with van der Waals surface area (Å²) in [5.74, 6) is 0.0520. The third kappa shape index (κ3) is 9.59. The van der Waals surface area contributed by atoms with E-state index in [0.717, 1.165) is 62.7 Å². The summed E-state index contributed by atoms with van der Waals surface area (Å²) in [4.78, 5) is 24.1. The molecule has 34 heavy (non-hydrogen) atoms. The summed E-state index contributed by atoms with van der Waals surface area (Å²) < 4.78 is 5.15. The van der Waals surface area contributed by atoms with E-state index in [1.54, 1.807) is 7.11 Å². The lowest BCUT2D eigenvalue weighted by atomic mass is 9.92. The number of hydrogen-bond acceptors (Lipinski definition) is 6. The zero-order valence-electron chi connectivity index (χ0n) is 20.7. The van der Waals surface area contributed by atoms with Gasteiger partial charge >= 0.3 is 5.97 Å². The number of ether oxygens (including phenoxy) is 1. The first-order valence-electron chi connectivity index (χ1n) is 12.7. The third-order valence-corrected chi connectivity index (χ3v) is 8.38. The van der Waals surface area contributed by atoms with Gasteiger partial charge in [-0.05, 0) is 43.4 Å². The number of rotatable bonds is 17. The molecule has 7 heteroatoms. The van der Waals surface area contributed by atoms with E-state index >= 15 is 0 Å². The molecular weight excluding hydrogens is 452 g/mol. The smallest absolute Gasteiger partial charge is 0.306 e. The molecule has 0 heterocycles. The van der Waals surface area contributed by atoms with Crippen LogP contribution < -0.4 is 4.74 Å². The maximum atomic E-state index is 12.4. The molecular formula is C27H42O6S. The van der Waals surface area contributed by atoms with Gasteiger partial charge in [0, 0.05) is 23.3 Å². The van der Waals surface area contributed by atoms with E-state index < -0.39 is 24.1 Å². The Balaban J connectivity index is 1.74. The van der Waals surface area contributed by atoms with E-state index in [1.807, 2.05) is 24.3 Å². The fourth-order valence-electron chi connectivity index (χ4n) is 4.70. The standard InChI is InChI=1S/C27H42O6S/c1-3-4-6-10-21(28)18-34-26-23(24(29)17-25(26)30)11-8-5-7-9-20(27(31)32)16-19-12-14-22(33-2)15-13-19/h12-15,20-21,23,25-26,28,30H,3-11,16-18H2,1-2H3,(H,31,32)/t20?,21?,23-,25?,26+/m0/s1. The maximum Gasteiger partial charge on any atom is 0.306 e. The minimum Gasteiger partial charge on any atom is -0.497 e. The predicted octanol–water partition coefficient (Wildman–Crippen LogP) is 4.88. The summed E-state index contributed by atoms with van der Waals surface area (Å²) in [6.07, 6.45) is 7.49. The Morgan fingerprint density at radius 1 is 1.12 bits per heavy atom. The van der Waals surface area contributed by atoms with Gasteiger partial charge < -0.3 is 20.1 Å². The molecule has 0 saturated heterocycles. The van der Waals surface area contributed by atoms with Crippen molar-refractivity contribution in [2.45, 2.75) is 95.0 Å². The van der Waals surface area contributed by atoms with Crippen LogP contribution in [0.5, 0.6) is 5.75 Å². The number of carbonyl (C=O) groups excluding carboxylic acids is 1. The third-order valence-electron chi connectivity index (χ3n) is 6.78. The van der Waals surface area contributed by atoms with Crippen molar-refractivity contribution in [3.8, 4) is 5.75 Å². The van der Waals surface area contributed by atoms with Crippen molar-refractivity contribution in [3.05, 3.63) is 29.8 Å². The number of methoxy groups -OCH3 is 1. The Labute approximate surface area is 208 Å². The summed E-state index contributed by atoms with van der Waals surface area (Å²) in [6.45, 7) is 2.13. The van der Waals surface area contributed by atoms with E-state index in [2.05, 4.69) is 6.92 Å². The number of Topliss-reactive ketones (excluding diaryl/α,β-unsaturated/α-hetero) is 1. The first kappa shape index (κ1) is 28.7. The average Bonchev–Trinajstić information content (AvgIpc) is 3.09. The zero-order chi connectivity index (χ0) is 24.9. The van der Waals surface area contributed by atoms with Gasteiger partial charge in [-0.25, -0.2) is 0 Å². The highest BCUT2D eigenvalue weighted by Gasteiger charge is 2.41. The van der Waals surface area contributed by atoms with E-state index in [9.17, 15) is 24.9 Å². The van der Waals surface area contributed by atoms with Gasteiger partial charge in [0.1, 0.15) is 11.5 Å². The van der Waals surface area contributed by atoms with Crippen molar-refractivity contribution in [1.82, 2.24) is 0 Å². The van der Waals surface area contributed by atoms with Crippen molar-refractivity contribution < 1.29 is 29.6 Å². The van der Waals surface area contributed by atoms with Crippen LogP contribution in [0.3, 0.4) is 0 Å². The molecule has 3 N–H and O–H groups in total. The highest BCUT2D eigenvalue weighted by atomic mass is 32.2. The molecule has 1 aliphatic carbocycles. The molecule has 1 aromatic rings. The Kier molecular flexibility index (Phi) is 13.0. The lowest BCUT2D eigenvalue weighted by Crippen LogP contribution is -2.26. The number of carboxylic acids is 1. The fraction of sp³-hybridized carbons (Fsp3) is 0.704. The number of aliphatic carboxylic acids is 1. The lowest BCUT2D eigenvalue weighted by molar-refractivity contribution is -0.142. The van der Waals surface area contributed by atoms with Crippen molar-refractivity contribution in [2.75, 3.05) is 12.9 Å². The van der Waals surface area contributed by atoms with Gasteiger partial charge in [-0.3, -0.25) is 9.59 Å². The molecule has 1 aliphatic rings. The molecule has 1 aromatic carbocycles. The maximum absolute atomic E-state index is 12.4. The molecule has 5 atom stereocenters. The van der Waals surface area contributed by atoms with Gasteiger partial charge in [0.2, 0.25) is 0 Å². The van der Waals surface area contributed by atoms with Crippen LogP contribution in [0.2, 0.25) is 0 Å². The van der Waals surface area contributed by atoms with Crippen LogP contribution in [0.15, 0.2) is 24.3 Å². The largest absolute Gasteiger partial charge is 0.497 e. The lowest BCUT2D eigenvalue weighted by Gasteiger charge is -2.22. The summed E-state index contributed by atoms with van der Waals surface area (Å²) in [5.41, 5.74) is 0.982.